The number of amides is 3. The van der Waals surface area contributed by atoms with Gasteiger partial charge in [-0.3, -0.25) is 19.3 Å². The average Bonchev–Trinajstić information content (AvgIpc) is 2.96. The van der Waals surface area contributed by atoms with Crippen molar-refractivity contribution in [3.8, 4) is 0 Å². The van der Waals surface area contributed by atoms with Gasteiger partial charge in [-0.2, -0.15) is 0 Å². The summed E-state index contributed by atoms with van der Waals surface area (Å²) in [5, 5.41) is 12.8. The van der Waals surface area contributed by atoms with Crippen molar-refractivity contribution in [2.24, 2.45) is 0 Å². The number of carbonyl (C=O) groups excluding carboxylic acids is 4. The molecule has 0 radical (unpaired) electrons. The first kappa shape index (κ1) is 21.1. The number of nitrogens with one attached hydrogen (secondary N) is 1. The van der Waals surface area contributed by atoms with Crippen LogP contribution in [-0.4, -0.2) is 34.5 Å². The number of allylic oxidation sites excluding steroid dienone is 2. The minimum Gasteiger partial charge on any atom is -0.545 e. The number of hydrogen-bond acceptors (Lipinski definition) is 6. The Labute approximate surface area is 177 Å². The molecule has 0 unspecified atom stereocenters. The van der Waals surface area contributed by atoms with E-state index in [1.54, 1.807) is 6.08 Å². The number of aromatic carboxylic acids is 1. The Hall–Kier alpha value is -3.65. The molecule has 0 aliphatic carbocycles. The normalized spacial score (nSPS) is 15.6. The summed E-state index contributed by atoms with van der Waals surface area (Å²) in [5.74, 6) is -2.43. The van der Waals surface area contributed by atoms with E-state index in [0.29, 0.717) is 5.69 Å². The Morgan fingerprint density at radius 2 is 1.73 bits per heavy atom. The summed E-state index contributed by atoms with van der Waals surface area (Å²) in [6.07, 6.45) is 3.51. The monoisotopic (exact) mass is 421 g/mol. The molecular formula is C22H17N2O5S-. The molecule has 1 aliphatic rings. The summed E-state index contributed by atoms with van der Waals surface area (Å²) in [7, 11) is 0. The van der Waals surface area contributed by atoms with Crippen LogP contribution in [0.5, 0.6) is 0 Å². The second-order valence-corrected chi connectivity index (χ2v) is 7.47. The number of benzene rings is 2. The summed E-state index contributed by atoms with van der Waals surface area (Å²) in [4.78, 5) is 48.8. The third kappa shape index (κ3) is 5.24. The van der Waals surface area contributed by atoms with Crippen LogP contribution in [0.1, 0.15) is 22.8 Å². The third-order valence-corrected chi connectivity index (χ3v) is 5.04. The Morgan fingerprint density at radius 3 is 2.37 bits per heavy atom. The van der Waals surface area contributed by atoms with Crippen molar-refractivity contribution in [3.63, 3.8) is 0 Å². The van der Waals surface area contributed by atoms with Crippen molar-refractivity contribution in [3.05, 3.63) is 82.3 Å². The van der Waals surface area contributed by atoms with Crippen molar-refractivity contribution in [2.75, 3.05) is 11.9 Å². The third-order valence-electron chi connectivity index (χ3n) is 4.13. The van der Waals surface area contributed by atoms with Gasteiger partial charge in [0, 0.05) is 5.69 Å². The number of carbonyl (C=O) groups is 4. The Bertz CT molecular complexity index is 1060. The molecule has 8 heteroatoms. The quantitative estimate of drug-likeness (QED) is 0.719. The molecule has 0 aromatic heterocycles. The fourth-order valence-corrected chi connectivity index (χ4v) is 3.62. The second kappa shape index (κ2) is 9.23. The first-order valence-electron chi connectivity index (χ1n) is 8.93. The minimum absolute atomic E-state index is 0.0250. The predicted octanol–water partition coefficient (Wildman–Crippen LogP) is 2.67. The molecule has 1 fully saturated rings. The fourth-order valence-electron chi connectivity index (χ4n) is 2.73. The van der Waals surface area contributed by atoms with Gasteiger partial charge >= 0.3 is 0 Å². The average molecular weight is 421 g/mol. The Balaban J connectivity index is 1.65. The van der Waals surface area contributed by atoms with Crippen molar-refractivity contribution < 1.29 is 24.3 Å². The maximum Gasteiger partial charge on any atom is 0.294 e. The number of imide groups is 1. The molecule has 1 N–H and O–H groups in total. The van der Waals surface area contributed by atoms with Gasteiger partial charge in [-0.15, -0.1) is 0 Å². The van der Waals surface area contributed by atoms with Crippen molar-refractivity contribution in [1.82, 2.24) is 4.90 Å². The number of carboxylic acid groups (broad SMARTS) is 1. The molecule has 2 aromatic rings. The Morgan fingerprint density at radius 1 is 1.07 bits per heavy atom. The molecule has 152 valence electrons. The van der Waals surface area contributed by atoms with E-state index in [1.807, 2.05) is 43.3 Å². The lowest BCUT2D eigenvalue weighted by Gasteiger charge is -2.12. The van der Waals surface area contributed by atoms with Gasteiger partial charge in [-0.25, -0.2) is 0 Å². The van der Waals surface area contributed by atoms with Crippen LogP contribution in [0.15, 0.2) is 71.2 Å². The molecule has 30 heavy (non-hydrogen) atoms. The number of thioether (sulfide) groups is 1. The van der Waals surface area contributed by atoms with Gasteiger partial charge in [0.1, 0.15) is 6.54 Å². The highest BCUT2D eigenvalue weighted by Gasteiger charge is 2.36. The number of hydrogen-bond donors (Lipinski definition) is 1. The highest BCUT2D eigenvalue weighted by atomic mass is 32.2. The summed E-state index contributed by atoms with van der Waals surface area (Å²) >= 11 is 0.780. The fraction of sp³-hybridized carbons (Fsp3) is 0.0909. The van der Waals surface area contributed by atoms with Gasteiger partial charge in [0.25, 0.3) is 11.1 Å². The molecule has 1 heterocycles. The molecule has 0 saturated carbocycles. The number of anilines is 1. The van der Waals surface area contributed by atoms with Gasteiger partial charge in [0.05, 0.1) is 10.9 Å². The summed E-state index contributed by atoms with van der Waals surface area (Å²) in [6, 6.07) is 14.9. The van der Waals surface area contributed by atoms with Gasteiger partial charge in [0.2, 0.25) is 5.91 Å². The van der Waals surface area contributed by atoms with E-state index >= 15 is 0 Å². The van der Waals surface area contributed by atoms with Crippen LogP contribution >= 0.6 is 11.8 Å². The Kier molecular flexibility index (Phi) is 6.48. The molecule has 0 atom stereocenters. The van der Waals surface area contributed by atoms with Crippen LogP contribution in [0.2, 0.25) is 0 Å². The molecule has 7 nitrogen and oxygen atoms in total. The molecule has 0 spiro atoms. The number of rotatable bonds is 6. The minimum atomic E-state index is -1.32. The zero-order valence-electron chi connectivity index (χ0n) is 16.0. The van der Waals surface area contributed by atoms with Crippen molar-refractivity contribution >= 4 is 46.5 Å². The van der Waals surface area contributed by atoms with E-state index in [1.165, 1.54) is 24.3 Å². The molecule has 0 bridgehead atoms. The molecule has 3 amide bonds. The standard InChI is InChI=1S/C22H18N2O5S/c1-14(11-15-5-3-2-4-6-15)12-18-20(26)24(22(29)30-18)13-19(25)23-17-9-7-16(8-10-17)21(27)28/h2-12H,13H2,1H3,(H,23,25)(H,27,28)/p-1/b14-11-,18-12-. The molecule has 1 saturated heterocycles. The summed E-state index contributed by atoms with van der Waals surface area (Å²) in [5.41, 5.74) is 2.08. The largest absolute Gasteiger partial charge is 0.545 e. The maximum atomic E-state index is 12.5. The van der Waals surface area contributed by atoms with Gasteiger partial charge < -0.3 is 15.2 Å². The maximum absolute atomic E-state index is 12.5. The van der Waals surface area contributed by atoms with Gasteiger partial charge in [-0.05, 0) is 53.6 Å². The second-order valence-electron chi connectivity index (χ2n) is 6.48. The van der Waals surface area contributed by atoms with Crippen molar-refractivity contribution in [2.45, 2.75) is 6.92 Å². The van der Waals surface area contributed by atoms with Crippen LogP contribution < -0.4 is 10.4 Å². The highest BCUT2D eigenvalue weighted by molar-refractivity contribution is 8.18. The van der Waals surface area contributed by atoms with E-state index < -0.39 is 29.6 Å². The lowest BCUT2D eigenvalue weighted by Crippen LogP contribution is -2.36. The molecule has 2 aromatic carbocycles. The van der Waals surface area contributed by atoms with Crippen LogP contribution in [0.4, 0.5) is 10.5 Å². The zero-order valence-corrected chi connectivity index (χ0v) is 16.8. The number of nitrogens with zero attached hydrogens (tertiary/aromatic N) is 1. The lowest BCUT2D eigenvalue weighted by molar-refractivity contribution is -0.255. The smallest absolute Gasteiger partial charge is 0.294 e. The van der Waals surface area contributed by atoms with Crippen LogP contribution in [0.3, 0.4) is 0 Å². The molecular weight excluding hydrogens is 404 g/mol. The zero-order chi connectivity index (χ0) is 21.7. The lowest BCUT2D eigenvalue weighted by atomic mass is 10.1. The molecule has 3 rings (SSSR count). The first-order chi connectivity index (χ1) is 14.3. The van der Waals surface area contributed by atoms with Crippen LogP contribution in [0.25, 0.3) is 6.08 Å². The van der Waals surface area contributed by atoms with E-state index in [-0.39, 0.29) is 10.5 Å². The van der Waals surface area contributed by atoms with Crippen LogP contribution in [0, 0.1) is 0 Å². The van der Waals surface area contributed by atoms with E-state index in [4.69, 9.17) is 0 Å². The topological polar surface area (TPSA) is 107 Å². The van der Waals surface area contributed by atoms with E-state index in [0.717, 1.165) is 27.8 Å². The van der Waals surface area contributed by atoms with Crippen LogP contribution in [-0.2, 0) is 9.59 Å². The predicted molar refractivity (Wildman–Crippen MR) is 112 cm³/mol. The summed E-state index contributed by atoms with van der Waals surface area (Å²) in [6.45, 7) is 1.38. The van der Waals surface area contributed by atoms with Gasteiger partial charge in [0.15, 0.2) is 0 Å². The van der Waals surface area contributed by atoms with Gasteiger partial charge in [-0.1, -0.05) is 48.5 Å². The van der Waals surface area contributed by atoms with E-state index in [2.05, 4.69) is 5.32 Å². The molecule has 1 aliphatic heterocycles. The summed E-state index contributed by atoms with van der Waals surface area (Å²) < 4.78 is 0. The first-order valence-corrected chi connectivity index (χ1v) is 9.75. The number of carboxylic acids is 1. The SMILES string of the molecule is CC(=C/c1ccccc1)/C=C1\SC(=O)N(CC(=O)Nc2ccc(C(=O)[O-])cc2)C1=O. The van der Waals surface area contributed by atoms with Crippen molar-refractivity contribution in [1.29, 1.82) is 0 Å². The van der Waals surface area contributed by atoms with E-state index in [9.17, 15) is 24.3 Å². The highest BCUT2D eigenvalue weighted by Crippen LogP contribution is 2.31.